The average Bonchev–Trinajstić information content (AvgIpc) is 3.38. The molecule has 2 aromatic carbocycles. The Labute approximate surface area is 199 Å². The molecule has 0 spiro atoms. The van der Waals surface area contributed by atoms with Crippen LogP contribution in [0.1, 0.15) is 40.8 Å². The second-order valence-electron chi connectivity index (χ2n) is 8.67. The molecule has 3 heterocycles. The highest BCUT2D eigenvalue weighted by Crippen LogP contribution is 2.28. The van der Waals surface area contributed by atoms with Crippen LogP contribution >= 0.6 is 0 Å². The van der Waals surface area contributed by atoms with Crippen LogP contribution in [0.4, 0.5) is 0 Å². The monoisotopic (exact) mass is 452 g/mol. The molecule has 0 bridgehead atoms. The van der Waals surface area contributed by atoms with Gasteiger partial charge in [0.15, 0.2) is 5.65 Å². The Bertz CT molecular complexity index is 1460. The first-order valence-electron chi connectivity index (χ1n) is 11.6. The van der Waals surface area contributed by atoms with Crippen molar-refractivity contribution in [1.29, 1.82) is 0 Å². The van der Waals surface area contributed by atoms with E-state index in [-0.39, 0.29) is 6.61 Å². The lowest BCUT2D eigenvalue weighted by Gasteiger charge is -2.08. The number of aryl methyl sites for hydroxylation is 5. The first-order valence-corrected chi connectivity index (χ1v) is 11.6. The second-order valence-corrected chi connectivity index (χ2v) is 8.67. The molecule has 0 aliphatic rings. The van der Waals surface area contributed by atoms with Crippen LogP contribution in [0.5, 0.6) is 5.88 Å². The van der Waals surface area contributed by atoms with Gasteiger partial charge in [-0.2, -0.15) is 10.1 Å². The van der Waals surface area contributed by atoms with Crippen molar-refractivity contribution in [3.63, 3.8) is 0 Å². The molecule has 0 aliphatic carbocycles. The van der Waals surface area contributed by atoms with E-state index in [1.54, 1.807) is 0 Å². The van der Waals surface area contributed by atoms with Gasteiger partial charge in [0.2, 0.25) is 11.8 Å². The molecule has 34 heavy (non-hydrogen) atoms. The van der Waals surface area contributed by atoms with Crippen LogP contribution in [0.2, 0.25) is 0 Å². The number of ether oxygens (including phenoxy) is 1. The minimum atomic E-state index is 0.275. The Morgan fingerprint density at radius 1 is 0.912 bits per heavy atom. The zero-order chi connectivity index (χ0) is 23.8. The van der Waals surface area contributed by atoms with E-state index in [2.05, 4.69) is 50.0 Å². The van der Waals surface area contributed by atoms with E-state index < -0.39 is 0 Å². The fourth-order valence-corrected chi connectivity index (χ4v) is 4.12. The molecule has 0 unspecified atom stereocenters. The highest BCUT2D eigenvalue weighted by molar-refractivity contribution is 5.84. The van der Waals surface area contributed by atoms with Gasteiger partial charge >= 0.3 is 0 Å². The van der Waals surface area contributed by atoms with Gasteiger partial charge in [-0.3, -0.25) is 0 Å². The zero-order valence-electron chi connectivity index (χ0n) is 20.2. The van der Waals surface area contributed by atoms with Crippen molar-refractivity contribution in [3.05, 3.63) is 88.4 Å². The van der Waals surface area contributed by atoms with Gasteiger partial charge in [0.05, 0.1) is 11.4 Å². The molecule has 5 aromatic rings. The van der Waals surface area contributed by atoms with Crippen LogP contribution in [-0.4, -0.2) is 19.7 Å². The van der Waals surface area contributed by atoms with Crippen LogP contribution in [0.15, 0.2) is 59.0 Å². The lowest BCUT2D eigenvalue weighted by molar-refractivity contribution is 0.288. The average molecular weight is 453 g/mol. The van der Waals surface area contributed by atoms with Crippen molar-refractivity contribution in [3.8, 4) is 23.0 Å². The topological polar surface area (TPSA) is 66.0 Å². The third kappa shape index (κ3) is 4.07. The zero-order valence-corrected chi connectivity index (χ0v) is 20.2. The maximum Gasteiger partial charge on any atom is 0.226 e. The number of aromatic nitrogens is 4. The quantitative estimate of drug-likeness (QED) is 0.296. The number of hydrogen-bond acceptors (Lipinski definition) is 5. The molecule has 0 fully saturated rings. The molecule has 0 N–H and O–H groups in total. The molecule has 3 aromatic heterocycles. The smallest absolute Gasteiger partial charge is 0.226 e. The summed E-state index contributed by atoms with van der Waals surface area (Å²) in [6, 6.07) is 18.5. The number of benzene rings is 2. The van der Waals surface area contributed by atoms with Gasteiger partial charge in [-0.1, -0.05) is 36.8 Å². The van der Waals surface area contributed by atoms with Crippen molar-refractivity contribution in [2.45, 2.75) is 47.6 Å². The Hall–Kier alpha value is -3.93. The molecule has 0 saturated heterocycles. The second kappa shape index (κ2) is 8.78. The number of oxazole rings is 1. The molecular weight excluding hydrogens is 424 g/mol. The highest BCUT2D eigenvalue weighted by Gasteiger charge is 2.17. The van der Waals surface area contributed by atoms with Gasteiger partial charge in [-0.05, 0) is 69.5 Å². The maximum atomic E-state index is 6.09. The third-order valence-corrected chi connectivity index (χ3v) is 6.12. The summed E-state index contributed by atoms with van der Waals surface area (Å²) in [5.41, 5.74) is 7.98. The summed E-state index contributed by atoms with van der Waals surface area (Å²) in [6.07, 6.45) is 1.00. The van der Waals surface area contributed by atoms with E-state index in [9.17, 15) is 0 Å². The fourth-order valence-electron chi connectivity index (χ4n) is 4.12. The van der Waals surface area contributed by atoms with Gasteiger partial charge in [0, 0.05) is 17.0 Å². The number of hydrogen-bond donors (Lipinski definition) is 0. The number of rotatable bonds is 6. The van der Waals surface area contributed by atoms with Crippen LogP contribution in [0, 0.1) is 27.7 Å². The van der Waals surface area contributed by atoms with E-state index >= 15 is 0 Å². The molecule has 0 aliphatic heterocycles. The Morgan fingerprint density at radius 2 is 1.65 bits per heavy atom. The summed E-state index contributed by atoms with van der Waals surface area (Å²) in [4.78, 5) is 9.47. The summed E-state index contributed by atoms with van der Waals surface area (Å²) >= 11 is 0. The number of pyridine rings is 1. The van der Waals surface area contributed by atoms with Crippen molar-refractivity contribution in [1.82, 2.24) is 19.7 Å². The van der Waals surface area contributed by atoms with E-state index in [0.29, 0.717) is 11.8 Å². The Balaban J connectivity index is 1.44. The van der Waals surface area contributed by atoms with E-state index in [4.69, 9.17) is 19.2 Å². The molecule has 6 nitrogen and oxygen atoms in total. The van der Waals surface area contributed by atoms with Gasteiger partial charge < -0.3 is 9.15 Å². The Morgan fingerprint density at radius 3 is 2.35 bits per heavy atom. The van der Waals surface area contributed by atoms with Gasteiger partial charge in [-0.25, -0.2) is 9.67 Å². The maximum absolute atomic E-state index is 6.09. The standard InChI is InChI=1S/C28H28N4O2/c1-6-21-9-13-23(14-10-21)32-27-26(19(4)31-32)18(3)15-25(30-27)33-16-24-20(5)34-28(29-24)22-11-7-17(2)8-12-22/h7-15H,6,16H2,1-5H3. The minimum Gasteiger partial charge on any atom is -0.471 e. The summed E-state index contributed by atoms with van der Waals surface area (Å²) in [5, 5.41) is 5.81. The van der Waals surface area contributed by atoms with Crippen molar-refractivity contribution in [2.24, 2.45) is 0 Å². The van der Waals surface area contributed by atoms with Crippen LogP contribution in [0.3, 0.4) is 0 Å². The van der Waals surface area contributed by atoms with Crippen molar-refractivity contribution < 1.29 is 9.15 Å². The summed E-state index contributed by atoms with van der Waals surface area (Å²) in [5.74, 6) is 1.88. The van der Waals surface area contributed by atoms with Gasteiger partial charge in [0.1, 0.15) is 18.1 Å². The molecule has 0 saturated carbocycles. The first kappa shape index (κ1) is 21.9. The van der Waals surface area contributed by atoms with E-state index in [1.165, 1.54) is 11.1 Å². The van der Waals surface area contributed by atoms with Crippen LogP contribution < -0.4 is 4.74 Å². The number of fused-ring (bicyclic) bond motifs is 1. The Kier molecular flexibility index (Phi) is 5.65. The molecular formula is C28H28N4O2. The summed E-state index contributed by atoms with van der Waals surface area (Å²) in [7, 11) is 0. The normalized spacial score (nSPS) is 11.3. The predicted octanol–water partition coefficient (Wildman–Crippen LogP) is 6.45. The highest BCUT2D eigenvalue weighted by atomic mass is 16.5. The SMILES string of the molecule is CCc1ccc(-n2nc(C)c3c(C)cc(OCc4nc(-c5ccc(C)cc5)oc4C)nc32)cc1. The molecule has 172 valence electrons. The molecule has 6 heteroatoms. The van der Waals surface area contributed by atoms with E-state index in [1.807, 2.05) is 48.9 Å². The lowest BCUT2D eigenvalue weighted by atomic mass is 10.1. The lowest BCUT2D eigenvalue weighted by Crippen LogP contribution is -2.02. The third-order valence-electron chi connectivity index (χ3n) is 6.12. The van der Waals surface area contributed by atoms with Crippen molar-refractivity contribution in [2.75, 3.05) is 0 Å². The summed E-state index contributed by atoms with van der Waals surface area (Å²) in [6.45, 7) is 10.5. The van der Waals surface area contributed by atoms with Gasteiger partial charge in [0.25, 0.3) is 0 Å². The molecule has 0 amide bonds. The minimum absolute atomic E-state index is 0.275. The summed E-state index contributed by atoms with van der Waals surface area (Å²) < 4.78 is 13.9. The molecule has 0 atom stereocenters. The molecule has 0 radical (unpaired) electrons. The number of nitrogens with zero attached hydrogens (tertiary/aromatic N) is 4. The van der Waals surface area contributed by atoms with Crippen LogP contribution in [0.25, 0.3) is 28.2 Å². The largest absolute Gasteiger partial charge is 0.471 e. The van der Waals surface area contributed by atoms with Gasteiger partial charge in [-0.15, -0.1) is 0 Å². The van der Waals surface area contributed by atoms with Crippen molar-refractivity contribution >= 4 is 11.0 Å². The van der Waals surface area contributed by atoms with Crippen LogP contribution in [-0.2, 0) is 13.0 Å². The predicted molar refractivity (Wildman–Crippen MR) is 133 cm³/mol. The first-order chi connectivity index (χ1) is 16.4. The molecule has 5 rings (SSSR count). The van der Waals surface area contributed by atoms with E-state index in [0.717, 1.165) is 51.4 Å². The fraction of sp³-hybridized carbons (Fsp3) is 0.250.